The Morgan fingerprint density at radius 1 is 1.25 bits per heavy atom. The molecule has 4 heteroatoms. The molecule has 0 fully saturated rings. The molecule has 0 spiro atoms. The van der Waals surface area contributed by atoms with E-state index >= 15 is 0 Å². The highest BCUT2D eigenvalue weighted by Crippen LogP contribution is 2.20. The first-order chi connectivity index (χ1) is 7.85. The van der Waals surface area contributed by atoms with Gasteiger partial charge in [0.25, 0.3) is 0 Å². The minimum Gasteiger partial charge on any atom is -0.463 e. The number of furan rings is 1. The van der Waals surface area contributed by atoms with E-state index in [4.69, 9.17) is 4.42 Å². The van der Waals surface area contributed by atoms with Gasteiger partial charge in [-0.1, -0.05) is 0 Å². The van der Waals surface area contributed by atoms with Crippen molar-refractivity contribution < 1.29 is 4.42 Å². The first-order valence-corrected chi connectivity index (χ1v) is 5.46. The molecule has 84 valence electrons. The van der Waals surface area contributed by atoms with Crippen molar-refractivity contribution in [1.29, 1.82) is 0 Å². The molecule has 2 rings (SSSR count). The van der Waals surface area contributed by atoms with Crippen LogP contribution >= 0.6 is 0 Å². The lowest BCUT2D eigenvalue weighted by molar-refractivity contribution is 0.579. The van der Waals surface area contributed by atoms with Gasteiger partial charge in [-0.25, -0.2) is 9.97 Å². The van der Waals surface area contributed by atoms with Crippen LogP contribution in [-0.2, 0) is 0 Å². The summed E-state index contributed by atoms with van der Waals surface area (Å²) in [6.45, 7) is 6.09. The van der Waals surface area contributed by atoms with Gasteiger partial charge in [0.15, 0.2) is 5.76 Å². The van der Waals surface area contributed by atoms with Crippen molar-refractivity contribution in [2.75, 3.05) is 18.0 Å². The Kier molecular flexibility index (Phi) is 3.19. The zero-order valence-electron chi connectivity index (χ0n) is 9.55. The van der Waals surface area contributed by atoms with Crippen molar-refractivity contribution in [2.45, 2.75) is 13.8 Å². The molecule has 0 aliphatic rings. The van der Waals surface area contributed by atoms with Crippen LogP contribution in [-0.4, -0.2) is 23.1 Å². The summed E-state index contributed by atoms with van der Waals surface area (Å²) in [6, 6.07) is 5.70. The van der Waals surface area contributed by atoms with Crippen LogP contribution in [0.15, 0.2) is 35.2 Å². The van der Waals surface area contributed by atoms with Crippen molar-refractivity contribution in [3.63, 3.8) is 0 Å². The van der Waals surface area contributed by atoms with Gasteiger partial charge in [0.2, 0.25) is 0 Å². The molecule has 0 aliphatic heterocycles. The number of hydrogen-bond donors (Lipinski definition) is 0. The Labute approximate surface area is 94.9 Å². The fraction of sp³-hybridized carbons (Fsp3) is 0.333. The van der Waals surface area contributed by atoms with E-state index in [0.717, 1.165) is 30.4 Å². The SMILES string of the molecule is CCN(CC)c1cc(-c2ccco2)ncn1. The van der Waals surface area contributed by atoms with Gasteiger partial charge >= 0.3 is 0 Å². The molecule has 0 unspecified atom stereocenters. The molecule has 16 heavy (non-hydrogen) atoms. The Bertz CT molecular complexity index is 435. The largest absolute Gasteiger partial charge is 0.463 e. The molecule has 0 aliphatic carbocycles. The van der Waals surface area contributed by atoms with Crippen LogP contribution in [0.4, 0.5) is 5.82 Å². The van der Waals surface area contributed by atoms with E-state index in [-0.39, 0.29) is 0 Å². The lowest BCUT2D eigenvalue weighted by Gasteiger charge is -2.19. The van der Waals surface area contributed by atoms with Crippen molar-refractivity contribution in [3.8, 4) is 11.5 Å². The zero-order valence-corrected chi connectivity index (χ0v) is 9.55. The number of rotatable bonds is 4. The van der Waals surface area contributed by atoms with Crippen LogP contribution in [0.5, 0.6) is 0 Å². The number of nitrogens with zero attached hydrogens (tertiary/aromatic N) is 3. The molecule has 2 heterocycles. The number of hydrogen-bond acceptors (Lipinski definition) is 4. The average molecular weight is 217 g/mol. The molecule has 0 saturated carbocycles. The van der Waals surface area contributed by atoms with Crippen LogP contribution in [0, 0.1) is 0 Å². The maximum absolute atomic E-state index is 5.31. The summed E-state index contributed by atoms with van der Waals surface area (Å²) in [5.41, 5.74) is 0.821. The third kappa shape index (κ3) is 2.05. The van der Waals surface area contributed by atoms with E-state index < -0.39 is 0 Å². The summed E-state index contributed by atoms with van der Waals surface area (Å²) in [5.74, 6) is 1.71. The topological polar surface area (TPSA) is 42.2 Å². The summed E-state index contributed by atoms with van der Waals surface area (Å²) < 4.78 is 5.31. The molecule has 2 aromatic rings. The molecule has 0 aromatic carbocycles. The van der Waals surface area contributed by atoms with Gasteiger partial charge < -0.3 is 9.32 Å². The number of aromatic nitrogens is 2. The highest BCUT2D eigenvalue weighted by molar-refractivity contribution is 5.56. The first kappa shape index (κ1) is 10.7. The van der Waals surface area contributed by atoms with Crippen LogP contribution in [0.1, 0.15) is 13.8 Å². The van der Waals surface area contributed by atoms with Crippen LogP contribution in [0.2, 0.25) is 0 Å². The maximum Gasteiger partial charge on any atom is 0.152 e. The third-order valence-electron chi connectivity index (χ3n) is 2.51. The fourth-order valence-corrected chi connectivity index (χ4v) is 1.63. The van der Waals surface area contributed by atoms with Gasteiger partial charge in [-0.15, -0.1) is 0 Å². The van der Waals surface area contributed by atoms with Crippen molar-refractivity contribution in [3.05, 3.63) is 30.8 Å². The number of anilines is 1. The predicted molar refractivity (Wildman–Crippen MR) is 63.3 cm³/mol. The van der Waals surface area contributed by atoms with Gasteiger partial charge in [0.05, 0.1) is 6.26 Å². The van der Waals surface area contributed by atoms with E-state index in [9.17, 15) is 0 Å². The smallest absolute Gasteiger partial charge is 0.152 e. The summed E-state index contributed by atoms with van der Waals surface area (Å²) >= 11 is 0. The van der Waals surface area contributed by atoms with Crippen molar-refractivity contribution in [1.82, 2.24) is 9.97 Å². The molecule has 0 atom stereocenters. The quantitative estimate of drug-likeness (QED) is 0.789. The van der Waals surface area contributed by atoms with E-state index in [2.05, 4.69) is 28.7 Å². The molecule has 2 aromatic heterocycles. The highest BCUT2D eigenvalue weighted by Gasteiger charge is 2.07. The van der Waals surface area contributed by atoms with Gasteiger partial charge in [-0.05, 0) is 26.0 Å². The molecule has 0 bridgehead atoms. The van der Waals surface area contributed by atoms with E-state index in [1.165, 1.54) is 0 Å². The molecule has 0 amide bonds. The Hall–Kier alpha value is -1.84. The summed E-state index contributed by atoms with van der Waals surface area (Å²) in [5, 5.41) is 0. The van der Waals surface area contributed by atoms with E-state index in [0.29, 0.717) is 0 Å². The maximum atomic E-state index is 5.31. The van der Waals surface area contributed by atoms with Crippen molar-refractivity contribution >= 4 is 5.82 Å². The Morgan fingerprint density at radius 3 is 2.69 bits per heavy atom. The third-order valence-corrected chi connectivity index (χ3v) is 2.51. The Balaban J connectivity index is 2.33. The summed E-state index contributed by atoms with van der Waals surface area (Å²) in [4.78, 5) is 10.6. The lowest BCUT2D eigenvalue weighted by atomic mass is 10.3. The molecular formula is C12H15N3O. The predicted octanol–water partition coefficient (Wildman–Crippen LogP) is 2.58. The van der Waals surface area contributed by atoms with Crippen LogP contribution < -0.4 is 4.90 Å². The highest BCUT2D eigenvalue weighted by atomic mass is 16.3. The summed E-state index contributed by atoms with van der Waals surface area (Å²) in [6.07, 6.45) is 3.22. The second kappa shape index (κ2) is 4.79. The van der Waals surface area contributed by atoms with Gasteiger partial charge in [-0.2, -0.15) is 0 Å². The van der Waals surface area contributed by atoms with Crippen molar-refractivity contribution in [2.24, 2.45) is 0 Å². The zero-order chi connectivity index (χ0) is 11.4. The lowest BCUT2D eigenvalue weighted by Crippen LogP contribution is -2.22. The summed E-state index contributed by atoms with van der Waals surface area (Å²) in [7, 11) is 0. The van der Waals surface area contributed by atoms with E-state index in [1.54, 1.807) is 12.6 Å². The first-order valence-electron chi connectivity index (χ1n) is 5.46. The fourth-order valence-electron chi connectivity index (χ4n) is 1.63. The van der Waals surface area contributed by atoms with E-state index in [1.807, 2.05) is 18.2 Å². The minimum atomic E-state index is 0.774. The van der Waals surface area contributed by atoms with Crippen LogP contribution in [0.3, 0.4) is 0 Å². The molecule has 0 saturated heterocycles. The molecule has 4 nitrogen and oxygen atoms in total. The minimum absolute atomic E-state index is 0.774. The van der Waals surface area contributed by atoms with Gasteiger partial charge in [-0.3, -0.25) is 0 Å². The molecule has 0 radical (unpaired) electrons. The molecular weight excluding hydrogens is 202 g/mol. The van der Waals surface area contributed by atoms with Gasteiger partial charge in [0.1, 0.15) is 17.8 Å². The normalized spacial score (nSPS) is 10.4. The average Bonchev–Trinajstić information content (AvgIpc) is 2.85. The molecule has 0 N–H and O–H groups in total. The van der Waals surface area contributed by atoms with Gasteiger partial charge in [0, 0.05) is 19.2 Å². The monoisotopic (exact) mass is 217 g/mol. The second-order valence-corrected chi connectivity index (χ2v) is 3.41. The standard InChI is InChI=1S/C12H15N3O/c1-3-15(4-2)12-8-10(13-9-14-12)11-6-5-7-16-11/h5-9H,3-4H2,1-2H3. The van der Waals surface area contributed by atoms with Crippen LogP contribution in [0.25, 0.3) is 11.5 Å². The second-order valence-electron chi connectivity index (χ2n) is 3.41. The Morgan fingerprint density at radius 2 is 2.06 bits per heavy atom.